The molecule has 0 aliphatic heterocycles. The Bertz CT molecular complexity index is 876. The van der Waals surface area contributed by atoms with Crippen LogP contribution in [0.15, 0.2) is 42.5 Å². The Kier molecular flexibility index (Phi) is 7.79. The maximum Gasteiger partial charge on any atom is 0.357 e. The minimum atomic E-state index is -3.57. The molecule has 0 fully saturated rings. The molecule has 1 atom stereocenters. The van der Waals surface area contributed by atoms with E-state index in [2.05, 4.69) is 5.32 Å². The second-order valence-electron chi connectivity index (χ2n) is 6.66. The monoisotopic (exact) mass is 421 g/mol. The van der Waals surface area contributed by atoms with Crippen LogP contribution in [0.25, 0.3) is 0 Å². The Balaban J connectivity index is 2.49. The fraction of sp³-hybridized carbons (Fsp3) is 0.400. The van der Waals surface area contributed by atoms with Gasteiger partial charge < -0.3 is 19.3 Å². The average Bonchev–Trinajstić information content (AvgIpc) is 2.67. The van der Waals surface area contributed by atoms with Gasteiger partial charge in [-0.1, -0.05) is 12.1 Å². The molecule has 1 N–H and O–H groups in total. The van der Waals surface area contributed by atoms with Gasteiger partial charge in [-0.25, -0.2) is 0 Å². The lowest BCUT2D eigenvalue weighted by Crippen LogP contribution is -2.16. The zero-order chi connectivity index (χ0) is 21.6. The Morgan fingerprint density at radius 3 is 2.14 bits per heavy atom. The highest BCUT2D eigenvalue weighted by Crippen LogP contribution is 2.61. The third-order valence-electron chi connectivity index (χ3n) is 4.37. The van der Waals surface area contributed by atoms with E-state index in [1.807, 2.05) is 43.3 Å². The van der Waals surface area contributed by atoms with Gasteiger partial charge in [0.25, 0.3) is 5.69 Å². The van der Waals surface area contributed by atoms with Crippen molar-refractivity contribution < 1.29 is 18.5 Å². The van der Waals surface area contributed by atoms with E-state index in [0.717, 1.165) is 11.3 Å². The van der Waals surface area contributed by atoms with Crippen LogP contribution in [0.5, 0.6) is 0 Å². The van der Waals surface area contributed by atoms with Crippen molar-refractivity contribution in [1.29, 1.82) is 0 Å². The molecule has 9 heteroatoms. The van der Waals surface area contributed by atoms with E-state index in [1.165, 1.54) is 12.1 Å². The zero-order valence-corrected chi connectivity index (χ0v) is 18.3. The summed E-state index contributed by atoms with van der Waals surface area (Å²) in [5.41, 5.74) is 3.02. The van der Waals surface area contributed by atoms with Gasteiger partial charge in [0.1, 0.15) is 0 Å². The summed E-state index contributed by atoms with van der Waals surface area (Å²) in [6, 6.07) is 12.1. The fourth-order valence-corrected chi connectivity index (χ4v) is 4.84. The Hall–Kier alpha value is -2.41. The number of benzene rings is 2. The van der Waals surface area contributed by atoms with Crippen LogP contribution < -0.4 is 10.2 Å². The van der Waals surface area contributed by atoms with Crippen molar-refractivity contribution in [1.82, 2.24) is 0 Å². The molecule has 0 saturated heterocycles. The van der Waals surface area contributed by atoms with Gasteiger partial charge in [-0.3, -0.25) is 14.7 Å². The first-order valence-electron chi connectivity index (χ1n) is 9.39. The first-order chi connectivity index (χ1) is 13.7. The smallest absolute Gasteiger partial charge is 0.357 e. The lowest BCUT2D eigenvalue weighted by molar-refractivity contribution is -0.384. The summed E-state index contributed by atoms with van der Waals surface area (Å²) in [6.45, 7) is 5.73. The number of hydrogen-bond donors (Lipinski definition) is 1. The van der Waals surface area contributed by atoms with Crippen LogP contribution in [0.1, 0.15) is 30.8 Å². The number of nitrogens with zero attached hydrogens (tertiary/aromatic N) is 2. The second-order valence-corrected chi connectivity index (χ2v) is 8.78. The van der Waals surface area contributed by atoms with E-state index in [1.54, 1.807) is 26.8 Å². The molecule has 8 nitrogen and oxygen atoms in total. The zero-order valence-electron chi connectivity index (χ0n) is 17.4. The number of aryl methyl sites for hydroxylation is 1. The van der Waals surface area contributed by atoms with Crippen molar-refractivity contribution in [2.75, 3.05) is 37.5 Å². The van der Waals surface area contributed by atoms with Crippen LogP contribution in [0.2, 0.25) is 0 Å². The maximum absolute atomic E-state index is 13.6. The molecule has 2 aromatic carbocycles. The van der Waals surface area contributed by atoms with Crippen molar-refractivity contribution in [2.45, 2.75) is 26.6 Å². The van der Waals surface area contributed by atoms with E-state index in [-0.39, 0.29) is 18.9 Å². The molecule has 0 aromatic heterocycles. The molecular formula is C20H28N3O5P. The number of rotatable bonds is 10. The molecule has 0 saturated carbocycles. The molecule has 158 valence electrons. The van der Waals surface area contributed by atoms with Gasteiger partial charge in [0.2, 0.25) is 0 Å². The van der Waals surface area contributed by atoms with Gasteiger partial charge in [0.05, 0.1) is 18.1 Å². The summed E-state index contributed by atoms with van der Waals surface area (Å²) in [6.07, 6.45) is 0. The third kappa shape index (κ3) is 5.56. The molecule has 0 radical (unpaired) electrons. The molecule has 0 spiro atoms. The molecule has 0 amide bonds. The minimum Gasteiger partial charge on any atom is -0.378 e. The van der Waals surface area contributed by atoms with Gasteiger partial charge in [-0.2, -0.15) is 0 Å². The van der Waals surface area contributed by atoms with E-state index < -0.39 is 18.3 Å². The quantitative estimate of drug-likeness (QED) is 0.314. The van der Waals surface area contributed by atoms with Crippen molar-refractivity contribution in [3.8, 4) is 0 Å². The van der Waals surface area contributed by atoms with Crippen LogP contribution in [-0.4, -0.2) is 32.2 Å². The Morgan fingerprint density at radius 1 is 1.10 bits per heavy atom. The van der Waals surface area contributed by atoms with E-state index in [0.29, 0.717) is 11.3 Å². The molecule has 29 heavy (non-hydrogen) atoms. The number of anilines is 2. The standard InChI is InChI=1S/C20H28N3O5P/c1-6-27-29(26,28-7-2)20(16-8-10-17(11-9-16)22(4)5)21-19-13-12-18(23(24)25)14-15(19)3/h8-14,20-21H,6-7H2,1-5H3. The molecule has 0 heterocycles. The number of nitro groups is 1. The van der Waals surface area contributed by atoms with Crippen molar-refractivity contribution in [3.05, 3.63) is 63.7 Å². The van der Waals surface area contributed by atoms with Gasteiger partial charge in [0.15, 0.2) is 5.78 Å². The summed E-state index contributed by atoms with van der Waals surface area (Å²) >= 11 is 0. The molecule has 0 bridgehead atoms. The first kappa shape index (κ1) is 22.9. The molecule has 2 aromatic rings. The number of nitro benzene ring substituents is 1. The van der Waals surface area contributed by atoms with E-state index in [4.69, 9.17) is 9.05 Å². The second kappa shape index (κ2) is 9.87. The van der Waals surface area contributed by atoms with Gasteiger partial charge >= 0.3 is 7.60 Å². The van der Waals surface area contributed by atoms with E-state index >= 15 is 0 Å². The molecule has 1 unspecified atom stereocenters. The van der Waals surface area contributed by atoms with Crippen LogP contribution in [0.3, 0.4) is 0 Å². The molecule has 0 aliphatic rings. The Labute approximate surface area is 171 Å². The van der Waals surface area contributed by atoms with Crippen LogP contribution in [-0.2, 0) is 13.6 Å². The topological polar surface area (TPSA) is 93.9 Å². The van der Waals surface area contributed by atoms with Crippen molar-refractivity contribution in [2.24, 2.45) is 0 Å². The summed E-state index contributed by atoms with van der Waals surface area (Å²) < 4.78 is 24.8. The van der Waals surface area contributed by atoms with Crippen LogP contribution >= 0.6 is 7.60 Å². The fourth-order valence-electron chi connectivity index (χ4n) is 2.92. The number of non-ortho nitro benzene ring substituents is 1. The van der Waals surface area contributed by atoms with E-state index in [9.17, 15) is 14.7 Å². The van der Waals surface area contributed by atoms with Gasteiger partial charge in [-0.05, 0) is 50.1 Å². The minimum absolute atomic E-state index is 0.00210. The largest absolute Gasteiger partial charge is 0.378 e. The predicted octanol–water partition coefficient (Wildman–Crippen LogP) is 5.35. The third-order valence-corrected chi connectivity index (χ3v) is 6.67. The molecular weight excluding hydrogens is 393 g/mol. The summed E-state index contributed by atoms with van der Waals surface area (Å²) in [5.74, 6) is -0.765. The predicted molar refractivity (Wildman–Crippen MR) is 116 cm³/mol. The highest BCUT2D eigenvalue weighted by Gasteiger charge is 2.37. The molecule has 0 aliphatic carbocycles. The molecule has 2 rings (SSSR count). The highest BCUT2D eigenvalue weighted by atomic mass is 31.2. The summed E-state index contributed by atoms with van der Waals surface area (Å²) in [4.78, 5) is 12.5. The van der Waals surface area contributed by atoms with Gasteiger partial charge in [0, 0.05) is 37.6 Å². The SMILES string of the molecule is CCOP(=O)(OCC)C(Nc1ccc([N+](=O)[O-])cc1C)c1ccc(N(C)C)cc1. The summed E-state index contributed by atoms with van der Waals surface area (Å²) in [5, 5.41) is 14.3. The average molecular weight is 421 g/mol. The lowest BCUT2D eigenvalue weighted by Gasteiger charge is -2.29. The van der Waals surface area contributed by atoms with Crippen LogP contribution in [0, 0.1) is 17.0 Å². The number of hydrogen-bond acceptors (Lipinski definition) is 7. The highest BCUT2D eigenvalue weighted by molar-refractivity contribution is 7.54. The van der Waals surface area contributed by atoms with Crippen molar-refractivity contribution >= 4 is 24.7 Å². The van der Waals surface area contributed by atoms with Crippen molar-refractivity contribution in [3.63, 3.8) is 0 Å². The lowest BCUT2D eigenvalue weighted by atomic mass is 10.1. The maximum atomic E-state index is 13.6. The first-order valence-corrected chi connectivity index (χ1v) is 11.0. The van der Waals surface area contributed by atoms with Gasteiger partial charge in [-0.15, -0.1) is 0 Å². The summed E-state index contributed by atoms with van der Waals surface area (Å²) in [7, 11) is 0.316. The normalized spacial score (nSPS) is 12.4. The van der Waals surface area contributed by atoms with Crippen LogP contribution in [0.4, 0.5) is 17.1 Å². The Morgan fingerprint density at radius 2 is 1.69 bits per heavy atom. The number of nitrogens with one attached hydrogen (secondary N) is 1.